The molecule has 0 aliphatic carbocycles. The first-order valence-electron chi connectivity index (χ1n) is 5.43. The summed E-state index contributed by atoms with van der Waals surface area (Å²) < 4.78 is 0. The number of carbonyl (C=O) groups excluding carboxylic acids is 2. The second-order valence-corrected chi connectivity index (χ2v) is 4.62. The molecule has 0 bridgehead atoms. The quantitative estimate of drug-likeness (QED) is 0.644. The number of imide groups is 1. The first kappa shape index (κ1) is 12.5. The first-order chi connectivity index (χ1) is 8.49. The second kappa shape index (κ2) is 4.73. The Bertz CT molecular complexity index is 513. The van der Waals surface area contributed by atoms with Gasteiger partial charge in [0.1, 0.15) is 11.5 Å². The number of rotatable bonds is 3. The molecule has 3 amide bonds. The van der Waals surface area contributed by atoms with E-state index in [9.17, 15) is 9.59 Å². The summed E-state index contributed by atoms with van der Waals surface area (Å²) in [5.41, 5.74) is 7.13. The SMILES string of the molecule is CN1CC(=O)N(Cc2ccc(C(N)=S)cc2)C1=O. The van der Waals surface area contributed by atoms with Gasteiger partial charge in [-0.1, -0.05) is 36.5 Å². The molecule has 94 valence electrons. The Morgan fingerprint density at radius 2 is 1.94 bits per heavy atom. The fourth-order valence-corrected chi connectivity index (χ4v) is 1.92. The van der Waals surface area contributed by atoms with Crippen molar-refractivity contribution in [1.29, 1.82) is 0 Å². The third-order valence-electron chi connectivity index (χ3n) is 2.81. The fraction of sp³-hybridized carbons (Fsp3) is 0.250. The van der Waals surface area contributed by atoms with Gasteiger partial charge in [0, 0.05) is 12.6 Å². The summed E-state index contributed by atoms with van der Waals surface area (Å²) in [4.78, 5) is 26.2. The molecule has 0 unspecified atom stereocenters. The topological polar surface area (TPSA) is 66.6 Å². The van der Waals surface area contributed by atoms with Crippen LogP contribution < -0.4 is 5.73 Å². The summed E-state index contributed by atoms with van der Waals surface area (Å²) in [6.45, 7) is 0.420. The molecular formula is C12H13N3O2S. The van der Waals surface area contributed by atoms with Crippen LogP contribution in [0.5, 0.6) is 0 Å². The van der Waals surface area contributed by atoms with Crippen LogP contribution in [0.25, 0.3) is 0 Å². The zero-order chi connectivity index (χ0) is 13.3. The predicted molar refractivity (Wildman–Crippen MR) is 70.9 cm³/mol. The van der Waals surface area contributed by atoms with E-state index in [0.29, 0.717) is 4.99 Å². The minimum absolute atomic E-state index is 0.143. The highest BCUT2D eigenvalue weighted by atomic mass is 32.1. The van der Waals surface area contributed by atoms with E-state index < -0.39 is 0 Å². The van der Waals surface area contributed by atoms with Crippen LogP contribution in [0.3, 0.4) is 0 Å². The Kier molecular flexibility index (Phi) is 3.29. The van der Waals surface area contributed by atoms with E-state index in [4.69, 9.17) is 18.0 Å². The lowest BCUT2D eigenvalue weighted by atomic mass is 10.1. The molecule has 0 radical (unpaired) electrons. The monoisotopic (exact) mass is 263 g/mol. The molecule has 5 nitrogen and oxygen atoms in total. The molecular weight excluding hydrogens is 250 g/mol. The molecule has 1 aromatic carbocycles. The third kappa shape index (κ3) is 2.33. The maximum atomic E-state index is 11.7. The van der Waals surface area contributed by atoms with Gasteiger partial charge in [0.15, 0.2) is 0 Å². The average molecular weight is 263 g/mol. The Morgan fingerprint density at radius 3 is 2.39 bits per heavy atom. The highest BCUT2D eigenvalue weighted by Gasteiger charge is 2.33. The summed E-state index contributed by atoms with van der Waals surface area (Å²) in [7, 11) is 1.61. The summed E-state index contributed by atoms with van der Waals surface area (Å²) in [5, 5.41) is 0. The highest BCUT2D eigenvalue weighted by molar-refractivity contribution is 7.80. The molecule has 1 aliphatic rings. The number of amides is 3. The Balaban J connectivity index is 2.12. The number of thiocarbonyl (C=S) groups is 1. The largest absolute Gasteiger partial charge is 0.389 e. The summed E-state index contributed by atoms with van der Waals surface area (Å²) in [6.07, 6.45) is 0. The van der Waals surface area contributed by atoms with E-state index >= 15 is 0 Å². The van der Waals surface area contributed by atoms with Gasteiger partial charge in [0.25, 0.3) is 5.91 Å². The van der Waals surface area contributed by atoms with Gasteiger partial charge in [-0.15, -0.1) is 0 Å². The molecule has 1 aliphatic heterocycles. The van der Waals surface area contributed by atoms with Crippen LogP contribution in [0.2, 0.25) is 0 Å². The molecule has 2 N–H and O–H groups in total. The van der Waals surface area contributed by atoms with E-state index in [1.165, 1.54) is 9.80 Å². The van der Waals surface area contributed by atoms with Gasteiger partial charge in [-0.3, -0.25) is 9.69 Å². The number of nitrogens with zero attached hydrogens (tertiary/aromatic N) is 2. The normalized spacial score (nSPS) is 15.4. The number of hydrogen-bond acceptors (Lipinski definition) is 3. The number of urea groups is 1. The van der Waals surface area contributed by atoms with Crippen LogP contribution in [-0.2, 0) is 11.3 Å². The number of nitrogens with two attached hydrogens (primary N) is 1. The van der Waals surface area contributed by atoms with Crippen molar-refractivity contribution in [1.82, 2.24) is 9.80 Å². The van der Waals surface area contributed by atoms with E-state index in [1.54, 1.807) is 19.2 Å². The zero-order valence-electron chi connectivity index (χ0n) is 9.92. The van der Waals surface area contributed by atoms with E-state index in [1.807, 2.05) is 12.1 Å². The number of likely N-dealkylation sites (N-methyl/N-ethyl adjacent to an activating group) is 1. The van der Waals surface area contributed by atoms with Crippen LogP contribution in [-0.4, -0.2) is 40.3 Å². The molecule has 0 atom stereocenters. The van der Waals surface area contributed by atoms with Crippen molar-refractivity contribution in [2.24, 2.45) is 5.73 Å². The highest BCUT2D eigenvalue weighted by Crippen LogP contribution is 2.13. The maximum Gasteiger partial charge on any atom is 0.327 e. The van der Waals surface area contributed by atoms with Crippen molar-refractivity contribution in [3.05, 3.63) is 35.4 Å². The lowest BCUT2D eigenvalue weighted by Gasteiger charge is -2.14. The minimum Gasteiger partial charge on any atom is -0.389 e. The van der Waals surface area contributed by atoms with Gasteiger partial charge in [-0.05, 0) is 5.56 Å². The lowest BCUT2D eigenvalue weighted by Crippen LogP contribution is -2.31. The minimum atomic E-state index is -0.265. The predicted octanol–water partition coefficient (Wildman–Crippen LogP) is 0.715. The van der Waals surface area contributed by atoms with E-state index in [-0.39, 0.29) is 25.0 Å². The molecule has 18 heavy (non-hydrogen) atoms. The zero-order valence-corrected chi connectivity index (χ0v) is 10.7. The van der Waals surface area contributed by atoms with Crippen LogP contribution in [0.1, 0.15) is 11.1 Å². The Labute approximate surface area is 110 Å². The van der Waals surface area contributed by atoms with Gasteiger partial charge in [-0.2, -0.15) is 0 Å². The van der Waals surface area contributed by atoms with Crippen molar-refractivity contribution in [3.63, 3.8) is 0 Å². The van der Waals surface area contributed by atoms with Crippen molar-refractivity contribution in [3.8, 4) is 0 Å². The Hall–Kier alpha value is -1.95. The van der Waals surface area contributed by atoms with Gasteiger partial charge < -0.3 is 10.6 Å². The molecule has 0 spiro atoms. The molecule has 6 heteroatoms. The molecule has 1 aromatic rings. The summed E-state index contributed by atoms with van der Waals surface area (Å²) in [5.74, 6) is -0.180. The smallest absolute Gasteiger partial charge is 0.327 e. The summed E-state index contributed by atoms with van der Waals surface area (Å²) >= 11 is 4.85. The lowest BCUT2D eigenvalue weighted by molar-refractivity contribution is -0.125. The van der Waals surface area contributed by atoms with Gasteiger partial charge in [0.2, 0.25) is 0 Å². The molecule has 1 saturated heterocycles. The molecule has 1 heterocycles. The first-order valence-corrected chi connectivity index (χ1v) is 5.84. The molecule has 2 rings (SSSR count). The van der Waals surface area contributed by atoms with Crippen LogP contribution in [0.4, 0.5) is 4.79 Å². The van der Waals surface area contributed by atoms with Crippen molar-refractivity contribution >= 4 is 29.1 Å². The Morgan fingerprint density at radius 1 is 1.33 bits per heavy atom. The van der Waals surface area contributed by atoms with Crippen molar-refractivity contribution in [2.75, 3.05) is 13.6 Å². The fourth-order valence-electron chi connectivity index (χ4n) is 1.78. The number of hydrogen-bond donors (Lipinski definition) is 1. The van der Waals surface area contributed by atoms with E-state index in [0.717, 1.165) is 11.1 Å². The van der Waals surface area contributed by atoms with Crippen LogP contribution in [0, 0.1) is 0 Å². The maximum absolute atomic E-state index is 11.7. The second-order valence-electron chi connectivity index (χ2n) is 4.18. The number of carbonyl (C=O) groups is 2. The molecule has 1 fully saturated rings. The van der Waals surface area contributed by atoms with Gasteiger partial charge in [0.05, 0.1) is 6.54 Å². The van der Waals surface area contributed by atoms with Crippen molar-refractivity contribution in [2.45, 2.75) is 6.54 Å². The molecule has 0 saturated carbocycles. The van der Waals surface area contributed by atoms with Crippen molar-refractivity contribution < 1.29 is 9.59 Å². The average Bonchev–Trinajstić information content (AvgIpc) is 2.57. The van der Waals surface area contributed by atoms with Gasteiger partial charge >= 0.3 is 6.03 Å². The van der Waals surface area contributed by atoms with Crippen LogP contribution >= 0.6 is 12.2 Å². The number of benzene rings is 1. The van der Waals surface area contributed by atoms with E-state index in [2.05, 4.69) is 0 Å². The third-order valence-corrected chi connectivity index (χ3v) is 3.05. The molecule has 0 aromatic heterocycles. The summed E-state index contributed by atoms with van der Waals surface area (Å²) in [6, 6.07) is 6.93. The van der Waals surface area contributed by atoms with Crippen LogP contribution in [0.15, 0.2) is 24.3 Å². The standard InChI is InChI=1S/C12H13N3O2S/c1-14-7-10(16)15(12(14)17)6-8-2-4-9(5-3-8)11(13)18/h2-5H,6-7H2,1H3,(H2,13,18). The van der Waals surface area contributed by atoms with Gasteiger partial charge in [-0.25, -0.2) is 4.79 Å².